The molecule has 0 radical (unpaired) electrons. The number of halogens is 1. The van der Waals surface area contributed by atoms with Crippen LogP contribution in [0.4, 0.5) is 10.1 Å². The standard InChI is InChI=1S/C18H21FN2O4/c19-14-10-12(6-7-16(14)25-13-4-2-1-3-5-13)20-15-11-17(23)21(8-9-22)18(15)24/h6-7,10-11,13,20,22H,1-5,8-9H2. The number of ether oxygens (including phenoxy) is 1. The maximum absolute atomic E-state index is 14.3. The summed E-state index contributed by atoms with van der Waals surface area (Å²) < 4.78 is 20.0. The number of carbonyl (C=O) groups is 2. The van der Waals surface area contributed by atoms with Crippen molar-refractivity contribution in [1.29, 1.82) is 0 Å². The number of imide groups is 1. The molecule has 1 aromatic carbocycles. The summed E-state index contributed by atoms with van der Waals surface area (Å²) in [6.45, 7) is -0.373. The predicted molar refractivity (Wildman–Crippen MR) is 89.4 cm³/mol. The Morgan fingerprint density at radius 1 is 1.24 bits per heavy atom. The number of amides is 2. The zero-order valence-corrected chi connectivity index (χ0v) is 13.8. The number of hydrogen-bond donors (Lipinski definition) is 2. The Morgan fingerprint density at radius 3 is 2.68 bits per heavy atom. The molecule has 25 heavy (non-hydrogen) atoms. The van der Waals surface area contributed by atoms with E-state index in [0.717, 1.165) is 36.7 Å². The van der Waals surface area contributed by atoms with E-state index in [-0.39, 0.29) is 30.7 Å². The summed E-state index contributed by atoms with van der Waals surface area (Å²) in [4.78, 5) is 24.7. The monoisotopic (exact) mass is 348 g/mol. The van der Waals surface area contributed by atoms with Crippen LogP contribution in [0.5, 0.6) is 5.75 Å². The fraction of sp³-hybridized carbons (Fsp3) is 0.444. The number of nitrogens with zero attached hydrogens (tertiary/aromatic N) is 1. The summed E-state index contributed by atoms with van der Waals surface area (Å²) in [5.41, 5.74) is 0.408. The van der Waals surface area contributed by atoms with Gasteiger partial charge in [0.25, 0.3) is 11.8 Å². The molecule has 2 aliphatic rings. The fourth-order valence-corrected chi connectivity index (χ4v) is 3.10. The van der Waals surface area contributed by atoms with Crippen molar-refractivity contribution < 1.29 is 23.8 Å². The van der Waals surface area contributed by atoms with Crippen LogP contribution in [0.2, 0.25) is 0 Å². The zero-order valence-electron chi connectivity index (χ0n) is 13.8. The number of rotatable bonds is 6. The van der Waals surface area contributed by atoms with Gasteiger partial charge in [-0.1, -0.05) is 6.42 Å². The third kappa shape index (κ3) is 3.99. The number of β-amino-alcohol motifs (C(OH)–C–C–N with tert-alkyl or cyclic N) is 1. The number of carbonyl (C=O) groups excluding carboxylic acids is 2. The highest BCUT2D eigenvalue weighted by atomic mass is 19.1. The zero-order chi connectivity index (χ0) is 17.8. The van der Waals surface area contributed by atoms with Gasteiger partial charge in [-0.25, -0.2) is 4.39 Å². The van der Waals surface area contributed by atoms with Gasteiger partial charge in [-0.2, -0.15) is 0 Å². The Labute approximate surface area is 145 Å². The molecule has 0 aromatic heterocycles. The molecule has 1 heterocycles. The van der Waals surface area contributed by atoms with Gasteiger partial charge in [0.1, 0.15) is 5.70 Å². The van der Waals surface area contributed by atoms with Crippen molar-refractivity contribution in [2.75, 3.05) is 18.5 Å². The third-order valence-electron chi connectivity index (χ3n) is 4.39. The van der Waals surface area contributed by atoms with Crippen molar-refractivity contribution in [3.8, 4) is 5.75 Å². The second-order valence-electron chi connectivity index (χ2n) is 6.22. The van der Waals surface area contributed by atoms with Gasteiger partial charge in [0.05, 0.1) is 19.3 Å². The molecule has 3 rings (SSSR count). The lowest BCUT2D eigenvalue weighted by atomic mass is 9.98. The highest BCUT2D eigenvalue weighted by Gasteiger charge is 2.30. The first-order valence-electron chi connectivity index (χ1n) is 8.50. The van der Waals surface area contributed by atoms with Crippen molar-refractivity contribution >= 4 is 17.5 Å². The summed E-state index contributed by atoms with van der Waals surface area (Å²) in [5.74, 6) is -1.36. The van der Waals surface area contributed by atoms with Crippen LogP contribution in [0.3, 0.4) is 0 Å². The molecule has 2 N–H and O–H groups in total. The molecule has 1 aliphatic carbocycles. The van der Waals surface area contributed by atoms with Crippen LogP contribution in [0.25, 0.3) is 0 Å². The highest BCUT2D eigenvalue weighted by Crippen LogP contribution is 2.28. The Morgan fingerprint density at radius 2 is 2.00 bits per heavy atom. The van der Waals surface area contributed by atoms with E-state index in [1.54, 1.807) is 6.07 Å². The smallest absolute Gasteiger partial charge is 0.277 e. The van der Waals surface area contributed by atoms with Gasteiger partial charge in [0.2, 0.25) is 0 Å². The van der Waals surface area contributed by atoms with E-state index >= 15 is 0 Å². The highest BCUT2D eigenvalue weighted by molar-refractivity contribution is 6.17. The molecule has 0 atom stereocenters. The molecular formula is C18H21FN2O4. The third-order valence-corrected chi connectivity index (χ3v) is 4.39. The van der Waals surface area contributed by atoms with Crippen molar-refractivity contribution in [2.45, 2.75) is 38.2 Å². The number of benzene rings is 1. The molecule has 0 spiro atoms. The largest absolute Gasteiger partial charge is 0.487 e. The molecule has 7 heteroatoms. The van der Waals surface area contributed by atoms with Gasteiger partial charge < -0.3 is 15.2 Å². The molecule has 0 unspecified atom stereocenters. The van der Waals surface area contributed by atoms with Gasteiger partial charge >= 0.3 is 0 Å². The number of aliphatic hydroxyl groups is 1. The van der Waals surface area contributed by atoms with Gasteiger partial charge in [-0.05, 0) is 37.8 Å². The maximum Gasteiger partial charge on any atom is 0.277 e. The van der Waals surface area contributed by atoms with Crippen LogP contribution in [-0.4, -0.2) is 41.1 Å². The van der Waals surface area contributed by atoms with E-state index in [1.165, 1.54) is 18.6 Å². The lowest BCUT2D eigenvalue weighted by molar-refractivity contribution is -0.137. The van der Waals surface area contributed by atoms with Crippen LogP contribution in [-0.2, 0) is 9.59 Å². The minimum Gasteiger partial charge on any atom is -0.487 e. The average Bonchev–Trinajstić information content (AvgIpc) is 2.86. The second-order valence-corrected chi connectivity index (χ2v) is 6.22. The quantitative estimate of drug-likeness (QED) is 0.771. The van der Waals surface area contributed by atoms with Gasteiger partial charge in [0, 0.05) is 17.8 Å². The second kappa shape index (κ2) is 7.65. The fourth-order valence-electron chi connectivity index (χ4n) is 3.10. The predicted octanol–water partition coefficient (Wildman–Crippen LogP) is 2.19. The van der Waals surface area contributed by atoms with Crippen molar-refractivity contribution in [3.05, 3.63) is 35.8 Å². The topological polar surface area (TPSA) is 78.9 Å². The normalized spacial score (nSPS) is 18.5. The van der Waals surface area contributed by atoms with E-state index in [1.807, 2.05) is 0 Å². The van der Waals surface area contributed by atoms with Crippen molar-refractivity contribution in [3.63, 3.8) is 0 Å². The van der Waals surface area contributed by atoms with E-state index in [2.05, 4.69) is 5.32 Å². The van der Waals surface area contributed by atoms with Crippen LogP contribution in [0, 0.1) is 5.82 Å². The van der Waals surface area contributed by atoms with Crippen LogP contribution < -0.4 is 10.1 Å². The number of aliphatic hydroxyl groups excluding tert-OH is 1. The first kappa shape index (κ1) is 17.4. The van der Waals surface area contributed by atoms with Gasteiger partial charge in [0.15, 0.2) is 11.6 Å². The minimum absolute atomic E-state index is 0.0471. The first-order valence-corrected chi connectivity index (χ1v) is 8.50. The Hall–Kier alpha value is -2.41. The number of anilines is 1. The van der Waals surface area contributed by atoms with Crippen LogP contribution in [0.15, 0.2) is 30.0 Å². The van der Waals surface area contributed by atoms with Crippen LogP contribution in [0.1, 0.15) is 32.1 Å². The van der Waals surface area contributed by atoms with E-state index in [4.69, 9.17) is 9.84 Å². The number of hydrogen-bond acceptors (Lipinski definition) is 5. The van der Waals surface area contributed by atoms with E-state index in [9.17, 15) is 14.0 Å². The molecular weight excluding hydrogens is 327 g/mol. The lowest BCUT2D eigenvalue weighted by Crippen LogP contribution is -2.34. The molecule has 0 bridgehead atoms. The van der Waals surface area contributed by atoms with Crippen molar-refractivity contribution in [2.24, 2.45) is 0 Å². The maximum atomic E-state index is 14.3. The molecule has 1 saturated carbocycles. The molecule has 0 saturated heterocycles. The summed E-state index contributed by atoms with van der Waals surface area (Å²) >= 11 is 0. The summed E-state index contributed by atoms with van der Waals surface area (Å²) in [7, 11) is 0. The van der Waals surface area contributed by atoms with Gasteiger partial charge in [-0.15, -0.1) is 0 Å². The molecule has 1 fully saturated rings. The summed E-state index contributed by atoms with van der Waals surface area (Å²) in [5, 5.41) is 11.6. The molecule has 6 nitrogen and oxygen atoms in total. The molecule has 134 valence electrons. The minimum atomic E-state index is -0.540. The van der Waals surface area contributed by atoms with E-state index in [0.29, 0.717) is 5.69 Å². The Bertz CT molecular complexity index is 698. The molecule has 1 aliphatic heterocycles. The summed E-state index contributed by atoms with van der Waals surface area (Å²) in [6, 6.07) is 4.37. The van der Waals surface area contributed by atoms with Crippen LogP contribution >= 0.6 is 0 Å². The van der Waals surface area contributed by atoms with E-state index < -0.39 is 17.6 Å². The number of nitrogens with one attached hydrogen (secondary N) is 1. The summed E-state index contributed by atoms with van der Waals surface area (Å²) in [6.07, 6.45) is 6.45. The van der Waals surface area contributed by atoms with Gasteiger partial charge in [-0.3, -0.25) is 14.5 Å². The molecule has 1 aromatic rings. The van der Waals surface area contributed by atoms with Crippen molar-refractivity contribution in [1.82, 2.24) is 4.90 Å². The lowest BCUT2D eigenvalue weighted by Gasteiger charge is -2.23. The molecule has 2 amide bonds. The Balaban J connectivity index is 1.66. The first-order chi connectivity index (χ1) is 12.1. The average molecular weight is 348 g/mol. The Kier molecular flexibility index (Phi) is 5.33. The SMILES string of the molecule is O=C1C=C(Nc2ccc(OC3CCCCC3)c(F)c2)C(=O)N1CCO.